The van der Waals surface area contributed by atoms with Crippen molar-refractivity contribution in [1.82, 2.24) is 14.9 Å². The predicted octanol–water partition coefficient (Wildman–Crippen LogP) is 1.11. The molecule has 170 valence electrons. The Morgan fingerprint density at radius 2 is 1.80 bits per heavy atom. The number of piperidine rings is 1. The van der Waals surface area contributed by atoms with E-state index in [1.807, 2.05) is 6.92 Å². The lowest BCUT2D eigenvalue weighted by atomic mass is 10.1. The predicted molar refractivity (Wildman–Crippen MR) is 118 cm³/mol. The molecule has 1 saturated heterocycles. The van der Waals surface area contributed by atoms with Gasteiger partial charge in [0.2, 0.25) is 10.0 Å². The summed E-state index contributed by atoms with van der Waals surface area (Å²) >= 11 is 0. The van der Waals surface area contributed by atoms with Crippen LogP contribution in [0.4, 0.5) is 0 Å². The maximum absolute atomic E-state index is 12.0. The third-order valence-corrected chi connectivity index (χ3v) is 6.96. The summed E-state index contributed by atoms with van der Waals surface area (Å²) in [6.45, 7) is 5.47. The SMILES string of the molecule is CCNC(=NCC(O)c1cc(OC)cc(OC)c1)NC1CCN(S(=O)(=O)CC)CC1. The number of guanidine groups is 1. The molecule has 0 saturated carbocycles. The molecule has 1 heterocycles. The van der Waals surface area contributed by atoms with Gasteiger partial charge in [-0.1, -0.05) is 0 Å². The van der Waals surface area contributed by atoms with Crippen molar-refractivity contribution in [3.63, 3.8) is 0 Å². The number of hydrogen-bond acceptors (Lipinski definition) is 6. The van der Waals surface area contributed by atoms with Crippen LogP contribution >= 0.6 is 0 Å². The van der Waals surface area contributed by atoms with Gasteiger partial charge in [0, 0.05) is 31.7 Å². The first-order valence-corrected chi connectivity index (χ1v) is 11.9. The summed E-state index contributed by atoms with van der Waals surface area (Å²) < 4.78 is 36.1. The molecule has 0 amide bonds. The Labute approximate surface area is 179 Å². The van der Waals surface area contributed by atoms with E-state index < -0.39 is 16.1 Å². The first kappa shape index (κ1) is 24.2. The van der Waals surface area contributed by atoms with Gasteiger partial charge in [0.05, 0.1) is 32.6 Å². The molecule has 0 spiro atoms. The van der Waals surface area contributed by atoms with Gasteiger partial charge in [-0.3, -0.25) is 4.99 Å². The van der Waals surface area contributed by atoms with Gasteiger partial charge in [0.1, 0.15) is 11.5 Å². The topological polar surface area (TPSA) is 112 Å². The Hall–Kier alpha value is -2.04. The number of benzene rings is 1. The summed E-state index contributed by atoms with van der Waals surface area (Å²) in [5.41, 5.74) is 0.656. The first-order chi connectivity index (χ1) is 14.3. The molecule has 0 bridgehead atoms. The molecule has 1 fully saturated rings. The van der Waals surface area contributed by atoms with E-state index in [1.54, 1.807) is 43.6 Å². The van der Waals surface area contributed by atoms with Gasteiger partial charge in [0.25, 0.3) is 0 Å². The second-order valence-corrected chi connectivity index (χ2v) is 9.36. The molecular formula is C20H34N4O5S. The van der Waals surface area contributed by atoms with Crippen molar-refractivity contribution in [2.24, 2.45) is 4.99 Å². The first-order valence-electron chi connectivity index (χ1n) is 10.3. The fraction of sp³-hybridized carbons (Fsp3) is 0.650. The summed E-state index contributed by atoms with van der Waals surface area (Å²) in [7, 11) is -0.0152. The van der Waals surface area contributed by atoms with Crippen LogP contribution < -0.4 is 20.1 Å². The molecule has 1 aliphatic rings. The Bertz CT molecular complexity index is 785. The van der Waals surface area contributed by atoms with Gasteiger partial charge in [-0.2, -0.15) is 0 Å². The van der Waals surface area contributed by atoms with Gasteiger partial charge in [-0.05, 0) is 44.4 Å². The maximum Gasteiger partial charge on any atom is 0.213 e. The van der Waals surface area contributed by atoms with E-state index in [1.165, 1.54) is 0 Å². The van der Waals surface area contributed by atoms with E-state index in [9.17, 15) is 13.5 Å². The number of aliphatic hydroxyl groups is 1. The summed E-state index contributed by atoms with van der Waals surface area (Å²) in [5.74, 6) is 1.93. The number of nitrogens with one attached hydrogen (secondary N) is 2. The summed E-state index contributed by atoms with van der Waals surface area (Å²) in [5, 5.41) is 17.1. The number of sulfonamides is 1. The van der Waals surface area contributed by atoms with Crippen LogP contribution in [0, 0.1) is 0 Å². The molecule has 1 aromatic rings. The highest BCUT2D eigenvalue weighted by Crippen LogP contribution is 2.26. The van der Waals surface area contributed by atoms with Gasteiger partial charge in [-0.15, -0.1) is 0 Å². The van der Waals surface area contributed by atoms with Gasteiger partial charge < -0.3 is 25.2 Å². The van der Waals surface area contributed by atoms with E-state index in [0.29, 0.717) is 55.5 Å². The fourth-order valence-electron chi connectivity index (χ4n) is 3.28. The lowest BCUT2D eigenvalue weighted by Crippen LogP contribution is -2.50. The van der Waals surface area contributed by atoms with Crippen molar-refractivity contribution < 1.29 is 23.0 Å². The average molecular weight is 443 g/mol. The Morgan fingerprint density at radius 3 is 2.30 bits per heavy atom. The van der Waals surface area contributed by atoms with Crippen molar-refractivity contribution >= 4 is 16.0 Å². The maximum atomic E-state index is 12.0. The minimum Gasteiger partial charge on any atom is -0.497 e. The highest BCUT2D eigenvalue weighted by atomic mass is 32.2. The zero-order chi connectivity index (χ0) is 22.1. The molecule has 30 heavy (non-hydrogen) atoms. The van der Waals surface area contributed by atoms with Gasteiger partial charge >= 0.3 is 0 Å². The number of nitrogens with zero attached hydrogens (tertiary/aromatic N) is 2. The van der Waals surface area contributed by atoms with Crippen LogP contribution in [0.3, 0.4) is 0 Å². The van der Waals surface area contributed by atoms with E-state index >= 15 is 0 Å². The molecule has 0 aliphatic carbocycles. The number of ether oxygens (including phenoxy) is 2. The molecule has 0 radical (unpaired) electrons. The number of aliphatic hydroxyl groups excluding tert-OH is 1. The normalized spacial score (nSPS) is 17.4. The Balaban J connectivity index is 1.99. The zero-order valence-electron chi connectivity index (χ0n) is 18.2. The van der Waals surface area contributed by atoms with Crippen LogP contribution in [-0.4, -0.2) is 76.0 Å². The molecule has 0 aromatic heterocycles. The van der Waals surface area contributed by atoms with E-state index in [0.717, 1.165) is 0 Å². The third-order valence-electron chi connectivity index (χ3n) is 5.08. The van der Waals surface area contributed by atoms with Crippen molar-refractivity contribution in [2.75, 3.05) is 46.2 Å². The van der Waals surface area contributed by atoms with Crippen LogP contribution in [0.2, 0.25) is 0 Å². The number of methoxy groups -OCH3 is 2. The van der Waals surface area contributed by atoms with Crippen LogP contribution in [0.5, 0.6) is 11.5 Å². The van der Waals surface area contributed by atoms with Crippen molar-refractivity contribution in [3.8, 4) is 11.5 Å². The van der Waals surface area contributed by atoms with Crippen LogP contribution in [0.25, 0.3) is 0 Å². The second kappa shape index (κ2) is 11.4. The molecule has 1 aliphatic heterocycles. The van der Waals surface area contributed by atoms with E-state index in [2.05, 4.69) is 15.6 Å². The zero-order valence-corrected chi connectivity index (χ0v) is 19.0. The largest absolute Gasteiger partial charge is 0.497 e. The molecular weight excluding hydrogens is 408 g/mol. The lowest BCUT2D eigenvalue weighted by Gasteiger charge is -2.32. The monoisotopic (exact) mass is 442 g/mol. The number of hydrogen-bond donors (Lipinski definition) is 3. The fourth-order valence-corrected chi connectivity index (χ4v) is 4.41. The summed E-state index contributed by atoms with van der Waals surface area (Å²) in [6.07, 6.45) is 0.597. The van der Waals surface area contributed by atoms with Crippen molar-refractivity contribution in [1.29, 1.82) is 0 Å². The molecule has 1 atom stereocenters. The quantitative estimate of drug-likeness (QED) is 0.388. The smallest absolute Gasteiger partial charge is 0.213 e. The molecule has 1 unspecified atom stereocenters. The van der Waals surface area contributed by atoms with E-state index in [4.69, 9.17) is 9.47 Å². The van der Waals surface area contributed by atoms with Crippen molar-refractivity contribution in [2.45, 2.75) is 38.8 Å². The highest BCUT2D eigenvalue weighted by Gasteiger charge is 2.27. The molecule has 3 N–H and O–H groups in total. The Kier molecular flexibility index (Phi) is 9.19. The summed E-state index contributed by atoms with van der Waals surface area (Å²) in [4.78, 5) is 4.51. The molecule has 9 nitrogen and oxygen atoms in total. The third kappa shape index (κ3) is 6.75. The molecule has 2 rings (SSSR count). The van der Waals surface area contributed by atoms with Gasteiger partial charge in [-0.25, -0.2) is 12.7 Å². The number of aliphatic imine (C=N–C) groups is 1. The highest BCUT2D eigenvalue weighted by molar-refractivity contribution is 7.89. The molecule has 10 heteroatoms. The second-order valence-electron chi connectivity index (χ2n) is 7.10. The van der Waals surface area contributed by atoms with Gasteiger partial charge in [0.15, 0.2) is 5.96 Å². The summed E-state index contributed by atoms with van der Waals surface area (Å²) in [6, 6.07) is 5.39. The average Bonchev–Trinajstić information content (AvgIpc) is 2.77. The molecule has 1 aromatic carbocycles. The number of rotatable bonds is 9. The lowest BCUT2D eigenvalue weighted by molar-refractivity contribution is 0.186. The van der Waals surface area contributed by atoms with E-state index in [-0.39, 0.29) is 18.3 Å². The van der Waals surface area contributed by atoms with Crippen LogP contribution in [0.1, 0.15) is 38.4 Å². The minimum absolute atomic E-state index is 0.125. The standard InChI is InChI=1S/C20H34N4O5S/c1-5-21-20(23-16-7-9-24(10-8-16)30(26,27)6-2)22-14-19(25)15-11-17(28-3)13-18(12-15)29-4/h11-13,16,19,25H,5-10,14H2,1-4H3,(H2,21,22,23). The van der Waals surface area contributed by atoms with Crippen molar-refractivity contribution in [3.05, 3.63) is 23.8 Å². The van der Waals surface area contributed by atoms with Crippen LogP contribution in [0.15, 0.2) is 23.2 Å². The minimum atomic E-state index is -3.14. The Morgan fingerprint density at radius 1 is 1.20 bits per heavy atom. The van der Waals surface area contributed by atoms with Crippen LogP contribution in [-0.2, 0) is 10.0 Å².